The minimum Gasteiger partial charge on any atom is -0.465 e. The molecule has 7 aliphatic carbocycles. The Kier molecular flexibility index (Phi) is 15.6. The van der Waals surface area contributed by atoms with Crippen LogP contribution in [0.2, 0.25) is 0 Å². The van der Waals surface area contributed by atoms with Gasteiger partial charge in [-0.05, 0) is 155 Å². The van der Waals surface area contributed by atoms with Crippen molar-refractivity contribution >= 4 is 23.5 Å². The number of rotatable bonds is 11. The molecule has 12 N–H and O–H groups in total. The molecule has 0 bridgehead atoms. The second-order valence-corrected chi connectivity index (χ2v) is 25.4. The fourth-order valence-corrected chi connectivity index (χ4v) is 17.4. The lowest BCUT2D eigenvalue weighted by Gasteiger charge is -2.62. The van der Waals surface area contributed by atoms with Crippen molar-refractivity contribution in [2.45, 2.75) is 159 Å². The number of guanidine groups is 1. The minimum absolute atomic E-state index is 0.00268. The topological polar surface area (TPSA) is 280 Å². The van der Waals surface area contributed by atoms with Gasteiger partial charge in [0.2, 0.25) is 0 Å². The van der Waals surface area contributed by atoms with Crippen molar-refractivity contribution in [1.82, 2.24) is 15.6 Å². The fraction of sp³-hybridized carbons (Fsp3) is 0.672. The van der Waals surface area contributed by atoms with Gasteiger partial charge >= 0.3 is 5.97 Å². The van der Waals surface area contributed by atoms with Gasteiger partial charge in [-0.2, -0.15) is 0 Å². The highest BCUT2D eigenvalue weighted by Crippen LogP contribution is 2.72. The Hall–Kier alpha value is -4.86. The number of aliphatic hydroxyl groups excluding tert-OH is 4. The molecule has 19 atom stereocenters. The van der Waals surface area contributed by atoms with Gasteiger partial charge in [-0.15, -0.1) is 5.92 Å². The maximum Gasteiger partial charge on any atom is 0.313 e. The van der Waals surface area contributed by atoms with Crippen LogP contribution in [-0.4, -0.2) is 120 Å². The number of benzene rings is 1. The van der Waals surface area contributed by atoms with Crippen LogP contribution in [0.25, 0.3) is 0 Å². The first kappa shape index (κ1) is 55.5. The van der Waals surface area contributed by atoms with E-state index in [-0.39, 0.29) is 111 Å². The van der Waals surface area contributed by atoms with E-state index >= 15 is 4.79 Å². The molecule has 2 aromatic rings. The Morgan fingerprint density at radius 3 is 2.48 bits per heavy atom. The van der Waals surface area contributed by atoms with Crippen molar-refractivity contribution in [3.63, 3.8) is 0 Å². The van der Waals surface area contributed by atoms with Gasteiger partial charge in [-0.25, -0.2) is 4.99 Å². The first-order chi connectivity index (χ1) is 36.7. The van der Waals surface area contributed by atoms with Gasteiger partial charge < -0.3 is 61.8 Å². The van der Waals surface area contributed by atoms with Crippen LogP contribution in [-0.2, 0) is 25.7 Å². The Morgan fingerprint density at radius 2 is 1.75 bits per heavy atom. The van der Waals surface area contributed by atoms with E-state index in [1.54, 1.807) is 13.1 Å². The third-order valence-electron chi connectivity index (χ3n) is 21.1. The Bertz CT molecular complexity index is 2680. The third-order valence-corrected chi connectivity index (χ3v) is 21.1. The van der Waals surface area contributed by atoms with Gasteiger partial charge in [0.05, 0.1) is 60.8 Å². The smallest absolute Gasteiger partial charge is 0.313 e. The number of H-pyrrole nitrogens is 1. The van der Waals surface area contributed by atoms with Crippen molar-refractivity contribution in [3.8, 4) is 11.8 Å². The molecule has 1 aromatic heterocycles. The van der Waals surface area contributed by atoms with Gasteiger partial charge in [0.15, 0.2) is 18.0 Å². The predicted molar refractivity (Wildman–Crippen MR) is 287 cm³/mol. The number of nitrogens with one attached hydrogen (secondary N) is 3. The van der Waals surface area contributed by atoms with Crippen molar-refractivity contribution in [2.75, 3.05) is 19.7 Å². The molecule has 418 valence electrons. The van der Waals surface area contributed by atoms with E-state index in [4.69, 9.17) is 10.5 Å². The van der Waals surface area contributed by atoms with E-state index in [0.29, 0.717) is 43.7 Å². The lowest BCUT2D eigenvalue weighted by Crippen LogP contribution is -2.66. The molecule has 16 nitrogen and oxygen atoms in total. The summed E-state index contributed by atoms with van der Waals surface area (Å²) in [5, 5.41) is 93.4. The van der Waals surface area contributed by atoms with Crippen LogP contribution in [0.15, 0.2) is 76.7 Å². The molecule has 16 heteroatoms. The molecule has 5 fully saturated rings. The number of carbonyl (C=O) groups excluding carboxylic acids is 3. The zero-order valence-electron chi connectivity index (χ0n) is 45.2. The second-order valence-electron chi connectivity index (χ2n) is 25.4. The molecule has 0 unspecified atom stereocenters. The molecule has 10 rings (SSSR count). The SMILES string of the molecule is CC(=O)CNC1=C2[C@H](CC[C@]3(CCNC(N)=NCc4ccccc4)[C@@H]4[C@@H](CC#C[C@H]([C@@H]5COC(=O)[C@H]5c5cc[nH]c5)C[C@@H]5[C@@H](CC=C6CC[C@@H](C)C[C@H]65)[C@H](C(O)O)C[C@@H](O)[C@]4(C)O)C[C@@]23O)[C@@]2(C)C[C@H](O)[C@H](O)C[C@H]2C1=O. The molecule has 1 aliphatic heterocycles. The summed E-state index contributed by atoms with van der Waals surface area (Å²) in [6, 6.07) is 11.6. The Balaban J connectivity index is 1.13. The number of Topliss-reactive ketones (excluding diaryl/α,β-unsaturated/α-hetero) is 2. The number of allylic oxidation sites excluding steroid dienone is 3. The molecule has 4 saturated carbocycles. The number of aromatic nitrogens is 1. The molecule has 1 saturated heterocycles. The van der Waals surface area contributed by atoms with Gasteiger partial charge in [0, 0.05) is 60.4 Å². The summed E-state index contributed by atoms with van der Waals surface area (Å²) in [7, 11) is 0. The highest BCUT2D eigenvalue weighted by atomic mass is 16.5. The lowest BCUT2D eigenvalue weighted by molar-refractivity contribution is -0.197. The maximum absolute atomic E-state index is 15.3. The molecule has 77 heavy (non-hydrogen) atoms. The number of esters is 1. The quantitative estimate of drug-likeness (QED) is 0.0369. The first-order valence-electron chi connectivity index (χ1n) is 28.6. The average Bonchev–Trinajstić information content (AvgIpc) is 4.26. The molecule has 0 radical (unpaired) electrons. The standard InChI is InChI=1S/C61H83N5O11/c1-33-13-14-36-15-16-40-42(41(36)23-33)24-37(44-32-77-56(74)50(44)39-18-21-63-31-39)11-8-12-38-27-61(76)51-45(58(3)28-48(69)47(68)26-46(58)53(71)52(51)65-29-34(2)67)17-19-60(61,54(38)59(4,75)49(70)25-43(40)55(72)73)20-22-64-57(62)66-30-35-9-6-5-7-10-35/h5-7,9-10,15,18,21,31,33,37-38,40-50,54-55,63,65,68-70,72-73,75-76H,12-14,16-17,19-20,22-30,32H2,1-4H3,(H3,62,64,66)/t33-,37+,38+,40-,41-,42-,43-,44+,45+,46+,47-,48+,49-,50+,54-,58-,59+,60+,61-/m1/s1. The van der Waals surface area contributed by atoms with Crippen LogP contribution in [0.1, 0.15) is 128 Å². The summed E-state index contributed by atoms with van der Waals surface area (Å²) in [5.74, 6) is 1.61. The summed E-state index contributed by atoms with van der Waals surface area (Å²) in [6.45, 7) is 7.64. The molecule has 8 aliphatic rings. The number of aromatic amines is 1. The summed E-state index contributed by atoms with van der Waals surface area (Å²) in [6.07, 6.45) is 5.08. The number of hydrogen-bond donors (Lipinski definition) is 11. The molecule has 0 spiro atoms. The normalized spacial score (nSPS) is 42.1. The van der Waals surface area contributed by atoms with E-state index in [0.717, 1.165) is 30.4 Å². The van der Waals surface area contributed by atoms with Gasteiger partial charge in [0.25, 0.3) is 0 Å². The number of aliphatic imine (C=N–C) groups is 1. The number of hydrogen-bond acceptors (Lipinski definition) is 13. The number of ketones is 2. The van der Waals surface area contributed by atoms with Crippen molar-refractivity contribution in [2.24, 2.45) is 86.7 Å². The summed E-state index contributed by atoms with van der Waals surface area (Å²) in [4.78, 5) is 49.6. The maximum atomic E-state index is 15.3. The lowest BCUT2D eigenvalue weighted by atomic mass is 9.44. The van der Waals surface area contributed by atoms with Gasteiger partial charge in [-0.1, -0.05) is 61.7 Å². The van der Waals surface area contributed by atoms with Crippen LogP contribution in [0.4, 0.5) is 0 Å². The highest BCUT2D eigenvalue weighted by molar-refractivity contribution is 6.00. The first-order valence-corrected chi connectivity index (χ1v) is 28.6. The predicted octanol–water partition coefficient (Wildman–Crippen LogP) is 4.52. The number of nitrogens with zero attached hydrogens (tertiary/aromatic N) is 1. The molecular weight excluding hydrogens is 979 g/mol. The molecule has 2 heterocycles. The third kappa shape index (κ3) is 9.92. The van der Waals surface area contributed by atoms with Crippen LogP contribution in [0, 0.1) is 87.8 Å². The summed E-state index contributed by atoms with van der Waals surface area (Å²) in [5.41, 5.74) is 4.04. The number of ether oxygens (including phenoxy) is 1. The van der Waals surface area contributed by atoms with E-state index in [1.165, 1.54) is 12.5 Å². The van der Waals surface area contributed by atoms with Crippen LogP contribution < -0.4 is 16.4 Å². The van der Waals surface area contributed by atoms with Gasteiger partial charge in [0.1, 0.15) is 5.78 Å². The van der Waals surface area contributed by atoms with Gasteiger partial charge in [-0.3, -0.25) is 14.4 Å². The summed E-state index contributed by atoms with van der Waals surface area (Å²) >= 11 is 0. The molecule has 0 amide bonds. The Labute approximate surface area is 452 Å². The average molecular weight is 1060 g/mol. The minimum atomic E-state index is -2.02. The molecule has 1 aromatic carbocycles. The second kappa shape index (κ2) is 21.7. The Morgan fingerprint density at radius 1 is 0.974 bits per heavy atom. The number of cyclic esters (lactones) is 1. The fourth-order valence-electron chi connectivity index (χ4n) is 17.4. The highest BCUT2D eigenvalue weighted by Gasteiger charge is 2.74. The number of nitrogens with two attached hydrogens (primary N) is 1. The van der Waals surface area contributed by atoms with E-state index < -0.39 is 88.1 Å². The van der Waals surface area contributed by atoms with E-state index in [9.17, 15) is 45.3 Å². The van der Waals surface area contributed by atoms with Crippen molar-refractivity contribution in [3.05, 3.63) is 82.8 Å². The van der Waals surface area contributed by atoms with Crippen molar-refractivity contribution < 1.29 is 54.9 Å². The summed E-state index contributed by atoms with van der Waals surface area (Å²) < 4.78 is 5.90. The van der Waals surface area contributed by atoms with E-state index in [2.05, 4.69) is 45.5 Å². The zero-order valence-corrected chi connectivity index (χ0v) is 45.2. The largest absolute Gasteiger partial charge is 0.465 e. The number of fused-ring (bicyclic) bond motifs is 10. The van der Waals surface area contributed by atoms with Crippen LogP contribution in [0.3, 0.4) is 0 Å². The molecular formula is C61H83N5O11. The zero-order chi connectivity index (χ0) is 54.8. The van der Waals surface area contributed by atoms with Crippen LogP contribution >= 0.6 is 0 Å². The van der Waals surface area contributed by atoms with E-state index in [1.807, 2.05) is 49.5 Å². The van der Waals surface area contributed by atoms with Crippen molar-refractivity contribution in [1.29, 1.82) is 0 Å². The monoisotopic (exact) mass is 1060 g/mol. The number of carbonyl (C=O) groups is 3. The van der Waals surface area contributed by atoms with Crippen LogP contribution in [0.5, 0.6) is 0 Å². The number of aliphatic hydroxyl groups is 7.